The summed E-state index contributed by atoms with van der Waals surface area (Å²) in [6.45, 7) is 2.83. The van der Waals surface area contributed by atoms with Gasteiger partial charge in [-0.05, 0) is 32.6 Å². The molecule has 0 radical (unpaired) electrons. The summed E-state index contributed by atoms with van der Waals surface area (Å²) in [5.74, 6) is -0.371. The molecule has 2 aliphatic rings. The minimum absolute atomic E-state index is 0.0435. The van der Waals surface area contributed by atoms with Gasteiger partial charge in [-0.1, -0.05) is 0 Å². The first-order valence-corrected chi connectivity index (χ1v) is 6.30. The summed E-state index contributed by atoms with van der Waals surface area (Å²) in [6.07, 6.45) is 3.32. The van der Waals surface area contributed by atoms with E-state index < -0.39 is 0 Å². The van der Waals surface area contributed by atoms with Crippen molar-refractivity contribution in [2.75, 3.05) is 19.8 Å². The predicted octanol–water partition coefficient (Wildman–Crippen LogP) is 0.719. The highest BCUT2D eigenvalue weighted by molar-refractivity contribution is 5.85. The van der Waals surface area contributed by atoms with Gasteiger partial charge in [0.1, 0.15) is 12.6 Å². The zero-order valence-corrected chi connectivity index (χ0v) is 10.2. The van der Waals surface area contributed by atoms with Crippen molar-refractivity contribution in [3.63, 3.8) is 0 Å². The van der Waals surface area contributed by atoms with Gasteiger partial charge in [0.05, 0.1) is 6.61 Å². The van der Waals surface area contributed by atoms with E-state index in [4.69, 9.17) is 9.47 Å². The molecule has 2 fully saturated rings. The zero-order valence-electron chi connectivity index (χ0n) is 10.2. The number of nitrogens with zero attached hydrogens (tertiary/aromatic N) is 1. The molecule has 0 N–H and O–H groups in total. The Morgan fingerprint density at radius 1 is 1.35 bits per heavy atom. The third-order valence-electron chi connectivity index (χ3n) is 3.08. The predicted molar refractivity (Wildman–Crippen MR) is 60.3 cm³/mol. The minimum atomic E-state index is -0.343. The van der Waals surface area contributed by atoms with Gasteiger partial charge in [0.2, 0.25) is 0 Å². The lowest BCUT2D eigenvalue weighted by Crippen LogP contribution is -2.43. The molecule has 17 heavy (non-hydrogen) atoms. The zero-order chi connectivity index (χ0) is 12.3. The highest BCUT2D eigenvalue weighted by Gasteiger charge is 2.38. The Morgan fingerprint density at radius 2 is 2.12 bits per heavy atom. The third-order valence-corrected chi connectivity index (χ3v) is 3.08. The molecule has 0 aromatic heterocycles. The number of ether oxygens (including phenoxy) is 2. The molecule has 0 aromatic carbocycles. The van der Waals surface area contributed by atoms with Crippen LogP contribution in [0.5, 0.6) is 0 Å². The molecule has 5 nitrogen and oxygen atoms in total. The number of rotatable bonds is 5. The fourth-order valence-corrected chi connectivity index (χ4v) is 2.08. The topological polar surface area (TPSA) is 55.8 Å². The normalized spacial score (nSPS) is 23.5. The van der Waals surface area contributed by atoms with Gasteiger partial charge in [0.15, 0.2) is 0 Å². The van der Waals surface area contributed by atoms with Crippen LogP contribution in [0, 0.1) is 0 Å². The van der Waals surface area contributed by atoms with Gasteiger partial charge >= 0.3 is 5.97 Å². The van der Waals surface area contributed by atoms with E-state index in [0.717, 1.165) is 25.7 Å². The molecule has 0 aromatic rings. The van der Waals surface area contributed by atoms with Crippen molar-refractivity contribution in [3.8, 4) is 0 Å². The van der Waals surface area contributed by atoms with Crippen LogP contribution < -0.4 is 0 Å². The van der Waals surface area contributed by atoms with Crippen molar-refractivity contribution in [2.45, 2.75) is 44.8 Å². The number of hydrogen-bond acceptors (Lipinski definition) is 4. The van der Waals surface area contributed by atoms with Crippen molar-refractivity contribution in [2.24, 2.45) is 0 Å². The van der Waals surface area contributed by atoms with Gasteiger partial charge in [-0.3, -0.25) is 9.59 Å². The fourth-order valence-electron chi connectivity index (χ4n) is 2.08. The van der Waals surface area contributed by atoms with Crippen molar-refractivity contribution in [3.05, 3.63) is 0 Å². The molecular weight excluding hydrogens is 222 g/mol. The smallest absolute Gasteiger partial charge is 0.325 e. The second kappa shape index (κ2) is 5.49. The lowest BCUT2D eigenvalue weighted by atomic mass is 10.2. The SMILES string of the molecule is CCOC(=O)CN(C(=O)C1CCCO1)C1CC1. The van der Waals surface area contributed by atoms with E-state index in [2.05, 4.69) is 0 Å². The molecule has 5 heteroatoms. The van der Waals surface area contributed by atoms with Crippen molar-refractivity contribution in [1.82, 2.24) is 4.90 Å². The van der Waals surface area contributed by atoms with Crippen LogP contribution in [0.15, 0.2) is 0 Å². The summed E-state index contributed by atoms with van der Waals surface area (Å²) < 4.78 is 10.3. The molecule has 1 amide bonds. The van der Waals surface area contributed by atoms with Gasteiger partial charge in [-0.2, -0.15) is 0 Å². The van der Waals surface area contributed by atoms with Crippen LogP contribution in [0.25, 0.3) is 0 Å². The Morgan fingerprint density at radius 3 is 2.65 bits per heavy atom. The maximum absolute atomic E-state index is 12.2. The standard InChI is InChI=1S/C12H19NO4/c1-2-16-11(14)8-13(9-5-6-9)12(15)10-4-3-7-17-10/h9-10H,2-8H2,1H3. The van der Waals surface area contributed by atoms with Crippen LogP contribution >= 0.6 is 0 Å². The Labute approximate surface area is 101 Å². The summed E-state index contributed by atoms with van der Waals surface area (Å²) in [5.41, 5.74) is 0. The molecule has 1 heterocycles. The Bertz CT molecular complexity index is 295. The summed E-state index contributed by atoms with van der Waals surface area (Å²) in [5, 5.41) is 0. The molecule has 1 atom stereocenters. The third kappa shape index (κ3) is 3.19. The first-order valence-electron chi connectivity index (χ1n) is 6.30. The highest BCUT2D eigenvalue weighted by atomic mass is 16.5. The molecule has 0 spiro atoms. The van der Waals surface area contributed by atoms with Crippen LogP contribution in [0.4, 0.5) is 0 Å². The van der Waals surface area contributed by atoms with Crippen molar-refractivity contribution in [1.29, 1.82) is 0 Å². The molecule has 2 rings (SSSR count). The van der Waals surface area contributed by atoms with Gasteiger partial charge in [0, 0.05) is 12.6 Å². The number of hydrogen-bond donors (Lipinski definition) is 0. The van der Waals surface area contributed by atoms with Crippen LogP contribution in [-0.4, -0.2) is 48.7 Å². The minimum Gasteiger partial charge on any atom is -0.465 e. The average Bonchev–Trinajstić information content (AvgIpc) is 3.00. The quantitative estimate of drug-likeness (QED) is 0.665. The summed E-state index contributed by atoms with van der Waals surface area (Å²) in [7, 11) is 0. The molecule has 1 aliphatic heterocycles. The summed E-state index contributed by atoms with van der Waals surface area (Å²) >= 11 is 0. The Hall–Kier alpha value is -1.10. The number of esters is 1. The molecule has 1 aliphatic carbocycles. The van der Waals surface area contributed by atoms with E-state index in [1.807, 2.05) is 0 Å². The van der Waals surface area contributed by atoms with E-state index in [-0.39, 0.29) is 30.6 Å². The molecule has 96 valence electrons. The van der Waals surface area contributed by atoms with Crippen molar-refractivity contribution < 1.29 is 19.1 Å². The Kier molecular flexibility index (Phi) is 3.99. The lowest BCUT2D eigenvalue weighted by Gasteiger charge is -2.24. The maximum atomic E-state index is 12.2. The highest BCUT2D eigenvalue weighted by Crippen LogP contribution is 2.29. The van der Waals surface area contributed by atoms with Crippen LogP contribution in [0.1, 0.15) is 32.6 Å². The first kappa shape index (κ1) is 12.4. The van der Waals surface area contributed by atoms with E-state index in [0.29, 0.717) is 13.2 Å². The number of amides is 1. The molecule has 1 saturated heterocycles. The van der Waals surface area contributed by atoms with E-state index >= 15 is 0 Å². The summed E-state index contributed by atoms with van der Waals surface area (Å²) in [4.78, 5) is 25.2. The van der Waals surface area contributed by atoms with Gasteiger partial charge in [0.25, 0.3) is 5.91 Å². The summed E-state index contributed by atoms with van der Waals surface area (Å²) in [6, 6.07) is 0.219. The van der Waals surface area contributed by atoms with Gasteiger partial charge in [-0.25, -0.2) is 0 Å². The first-order chi connectivity index (χ1) is 8.22. The number of carbonyl (C=O) groups excluding carboxylic acids is 2. The lowest BCUT2D eigenvalue weighted by molar-refractivity contribution is -0.152. The fraction of sp³-hybridized carbons (Fsp3) is 0.833. The second-order valence-corrected chi connectivity index (χ2v) is 4.50. The Balaban J connectivity index is 1.91. The molecule has 1 unspecified atom stereocenters. The van der Waals surface area contributed by atoms with Crippen LogP contribution in [-0.2, 0) is 19.1 Å². The van der Waals surface area contributed by atoms with Crippen LogP contribution in [0.3, 0.4) is 0 Å². The molecular formula is C12H19NO4. The van der Waals surface area contributed by atoms with Crippen molar-refractivity contribution >= 4 is 11.9 Å². The second-order valence-electron chi connectivity index (χ2n) is 4.50. The van der Waals surface area contributed by atoms with E-state index in [9.17, 15) is 9.59 Å². The number of carbonyl (C=O) groups is 2. The molecule has 0 bridgehead atoms. The molecule has 1 saturated carbocycles. The van der Waals surface area contributed by atoms with E-state index in [1.165, 1.54) is 0 Å². The van der Waals surface area contributed by atoms with Crippen LogP contribution in [0.2, 0.25) is 0 Å². The van der Waals surface area contributed by atoms with Gasteiger partial charge in [-0.15, -0.1) is 0 Å². The average molecular weight is 241 g/mol. The monoisotopic (exact) mass is 241 g/mol. The maximum Gasteiger partial charge on any atom is 0.325 e. The van der Waals surface area contributed by atoms with E-state index in [1.54, 1.807) is 11.8 Å². The van der Waals surface area contributed by atoms with Gasteiger partial charge < -0.3 is 14.4 Å². The largest absolute Gasteiger partial charge is 0.465 e.